The summed E-state index contributed by atoms with van der Waals surface area (Å²) in [6.45, 7) is 2.52. The van der Waals surface area contributed by atoms with E-state index in [0.29, 0.717) is 13.1 Å². The van der Waals surface area contributed by atoms with Crippen molar-refractivity contribution in [1.82, 2.24) is 5.32 Å². The number of unbranched alkanes of at least 4 members (excludes halogenated alkanes) is 1. The Morgan fingerprint density at radius 1 is 1.27 bits per heavy atom. The molecule has 8 heteroatoms. The topological polar surface area (TPSA) is 89.3 Å². The van der Waals surface area contributed by atoms with Gasteiger partial charge in [-0.3, -0.25) is 4.79 Å². The van der Waals surface area contributed by atoms with Gasteiger partial charge in [-0.05, 0) is 50.6 Å². The quantitative estimate of drug-likeness (QED) is 0.550. The van der Waals surface area contributed by atoms with Gasteiger partial charge in [-0.15, -0.1) is 12.4 Å². The van der Waals surface area contributed by atoms with Crippen LogP contribution in [0.5, 0.6) is 0 Å². The molecule has 3 N–H and O–H groups in total. The average Bonchev–Trinajstić information content (AvgIpc) is 2.44. The molecule has 1 aromatic carbocycles. The maximum absolute atomic E-state index is 12.8. The Balaban J connectivity index is 0.00000441. The first kappa shape index (κ1) is 20.8. The van der Waals surface area contributed by atoms with Crippen molar-refractivity contribution in [2.45, 2.75) is 36.3 Å². The molecule has 0 heterocycles. The van der Waals surface area contributed by atoms with E-state index in [9.17, 15) is 17.6 Å². The highest BCUT2D eigenvalue weighted by Gasteiger charge is 2.25. The van der Waals surface area contributed by atoms with Crippen molar-refractivity contribution < 1.29 is 17.6 Å². The summed E-state index contributed by atoms with van der Waals surface area (Å²) in [5.41, 5.74) is 5.34. The summed E-state index contributed by atoms with van der Waals surface area (Å²) in [6.07, 6.45) is 1.45. The Morgan fingerprint density at radius 3 is 2.41 bits per heavy atom. The van der Waals surface area contributed by atoms with Crippen molar-refractivity contribution in [3.63, 3.8) is 0 Å². The molecule has 0 aliphatic rings. The molecule has 5 nitrogen and oxygen atoms in total. The lowest BCUT2D eigenvalue weighted by atomic mass is 10.3. The van der Waals surface area contributed by atoms with Gasteiger partial charge < -0.3 is 11.1 Å². The first-order valence-electron chi connectivity index (χ1n) is 6.84. The van der Waals surface area contributed by atoms with Crippen molar-refractivity contribution in [3.8, 4) is 0 Å². The van der Waals surface area contributed by atoms with Gasteiger partial charge in [0, 0.05) is 13.0 Å². The van der Waals surface area contributed by atoms with E-state index < -0.39 is 20.9 Å². The van der Waals surface area contributed by atoms with E-state index in [0.717, 1.165) is 25.0 Å². The van der Waals surface area contributed by atoms with Crippen LogP contribution in [0.1, 0.15) is 26.2 Å². The van der Waals surface area contributed by atoms with Gasteiger partial charge in [-0.2, -0.15) is 0 Å². The number of carbonyl (C=O) groups is 1. The van der Waals surface area contributed by atoms with Crippen LogP contribution in [0.3, 0.4) is 0 Å². The zero-order chi connectivity index (χ0) is 15.9. The summed E-state index contributed by atoms with van der Waals surface area (Å²) in [7, 11) is -3.63. The Morgan fingerprint density at radius 2 is 1.86 bits per heavy atom. The summed E-state index contributed by atoms with van der Waals surface area (Å²) >= 11 is 0. The highest BCUT2D eigenvalue weighted by Crippen LogP contribution is 2.18. The number of rotatable bonds is 8. The fourth-order valence-electron chi connectivity index (χ4n) is 1.80. The second kappa shape index (κ2) is 9.76. The van der Waals surface area contributed by atoms with Crippen LogP contribution in [0.2, 0.25) is 0 Å². The van der Waals surface area contributed by atoms with Gasteiger partial charge in [-0.25, -0.2) is 12.8 Å². The molecule has 0 fully saturated rings. The van der Waals surface area contributed by atoms with Crippen molar-refractivity contribution in [1.29, 1.82) is 0 Å². The largest absolute Gasteiger partial charge is 0.356 e. The molecule has 0 spiro atoms. The van der Waals surface area contributed by atoms with E-state index >= 15 is 0 Å². The number of hydrogen-bond donors (Lipinski definition) is 2. The predicted octanol–water partition coefficient (Wildman–Crippen LogP) is 1.65. The molecule has 1 rings (SSSR count). The van der Waals surface area contributed by atoms with E-state index in [1.165, 1.54) is 19.1 Å². The van der Waals surface area contributed by atoms with Crippen LogP contribution >= 0.6 is 12.4 Å². The summed E-state index contributed by atoms with van der Waals surface area (Å²) < 4.78 is 37.3. The molecule has 1 unspecified atom stereocenters. The normalized spacial score (nSPS) is 12.3. The summed E-state index contributed by atoms with van der Waals surface area (Å²) in [5, 5.41) is 1.80. The van der Waals surface area contributed by atoms with E-state index in [4.69, 9.17) is 5.73 Å². The monoisotopic (exact) mass is 352 g/mol. The van der Waals surface area contributed by atoms with Gasteiger partial charge in [0.25, 0.3) is 0 Å². The van der Waals surface area contributed by atoms with Gasteiger partial charge in [-0.1, -0.05) is 0 Å². The molecule has 0 bridgehead atoms. The average molecular weight is 353 g/mol. The Labute approximate surface area is 136 Å². The van der Waals surface area contributed by atoms with Gasteiger partial charge >= 0.3 is 0 Å². The van der Waals surface area contributed by atoms with Crippen molar-refractivity contribution in [3.05, 3.63) is 30.1 Å². The maximum atomic E-state index is 12.8. The molecular weight excluding hydrogens is 331 g/mol. The molecule has 22 heavy (non-hydrogen) atoms. The van der Waals surface area contributed by atoms with Gasteiger partial charge in [0.15, 0.2) is 9.84 Å². The van der Waals surface area contributed by atoms with Crippen LogP contribution in [0.15, 0.2) is 29.2 Å². The molecule has 1 aromatic rings. The van der Waals surface area contributed by atoms with Crippen LogP contribution in [-0.4, -0.2) is 32.7 Å². The molecule has 1 amide bonds. The maximum Gasteiger partial charge on any atom is 0.221 e. The summed E-state index contributed by atoms with van der Waals surface area (Å²) in [6, 6.07) is 4.60. The number of halogens is 2. The zero-order valence-electron chi connectivity index (χ0n) is 12.4. The lowest BCUT2D eigenvalue weighted by Crippen LogP contribution is -2.30. The highest BCUT2D eigenvalue weighted by molar-refractivity contribution is 7.92. The van der Waals surface area contributed by atoms with Crippen LogP contribution in [-0.2, 0) is 14.6 Å². The van der Waals surface area contributed by atoms with Gasteiger partial charge in [0.1, 0.15) is 5.82 Å². The highest BCUT2D eigenvalue weighted by atomic mass is 35.5. The molecule has 0 aromatic heterocycles. The molecule has 0 saturated heterocycles. The van der Waals surface area contributed by atoms with Crippen molar-refractivity contribution >= 4 is 28.2 Å². The molecular formula is C14H22ClFN2O3S. The molecule has 0 radical (unpaired) electrons. The molecule has 0 aliphatic carbocycles. The van der Waals surface area contributed by atoms with E-state index in [2.05, 4.69) is 5.32 Å². The van der Waals surface area contributed by atoms with Crippen LogP contribution in [0.4, 0.5) is 4.39 Å². The van der Waals surface area contributed by atoms with Crippen LogP contribution in [0, 0.1) is 5.82 Å². The van der Waals surface area contributed by atoms with Crippen molar-refractivity contribution in [2.24, 2.45) is 5.73 Å². The molecule has 1 atom stereocenters. The Hall–Kier alpha value is -1.18. The van der Waals surface area contributed by atoms with Crippen LogP contribution < -0.4 is 11.1 Å². The number of sulfone groups is 1. The number of amides is 1. The fraction of sp³-hybridized carbons (Fsp3) is 0.500. The van der Waals surface area contributed by atoms with E-state index in [1.54, 1.807) is 0 Å². The number of benzene rings is 1. The first-order chi connectivity index (χ1) is 9.87. The Kier molecular flexibility index (Phi) is 9.24. The van der Waals surface area contributed by atoms with Gasteiger partial charge in [0.2, 0.25) is 5.91 Å². The van der Waals surface area contributed by atoms with Crippen LogP contribution in [0.25, 0.3) is 0 Å². The number of nitrogens with two attached hydrogens (primary N) is 1. The minimum atomic E-state index is -3.63. The number of carbonyl (C=O) groups excluding carboxylic acids is 1. The first-order valence-corrected chi connectivity index (χ1v) is 8.38. The van der Waals surface area contributed by atoms with Crippen molar-refractivity contribution in [2.75, 3.05) is 13.1 Å². The standard InChI is InChI=1S/C14H21FN2O3S.ClH/c1-11(10-14(18)17-9-3-2-8-16)21(19,20)13-6-4-12(15)5-7-13;/h4-7,11H,2-3,8-10,16H2,1H3,(H,17,18);1H. The third-order valence-corrected chi connectivity index (χ3v) is 5.25. The predicted molar refractivity (Wildman–Crippen MR) is 86.2 cm³/mol. The third-order valence-electron chi connectivity index (χ3n) is 3.10. The second-order valence-electron chi connectivity index (χ2n) is 4.86. The molecule has 0 saturated carbocycles. The fourth-order valence-corrected chi connectivity index (χ4v) is 3.15. The summed E-state index contributed by atoms with van der Waals surface area (Å²) in [4.78, 5) is 11.7. The lowest BCUT2D eigenvalue weighted by molar-refractivity contribution is -0.121. The van der Waals surface area contributed by atoms with E-state index in [-0.39, 0.29) is 29.6 Å². The minimum Gasteiger partial charge on any atom is -0.356 e. The summed E-state index contributed by atoms with van der Waals surface area (Å²) in [5.74, 6) is -0.815. The molecule has 0 aliphatic heterocycles. The zero-order valence-corrected chi connectivity index (χ0v) is 14.1. The Bertz CT molecular complexity index is 564. The second-order valence-corrected chi connectivity index (χ2v) is 7.23. The van der Waals surface area contributed by atoms with E-state index in [1.807, 2.05) is 0 Å². The molecule has 126 valence electrons. The third kappa shape index (κ3) is 6.29. The number of hydrogen-bond acceptors (Lipinski definition) is 4. The smallest absolute Gasteiger partial charge is 0.221 e. The lowest BCUT2D eigenvalue weighted by Gasteiger charge is -2.13. The minimum absolute atomic E-state index is 0. The van der Waals surface area contributed by atoms with Gasteiger partial charge in [0.05, 0.1) is 10.1 Å². The number of nitrogens with one attached hydrogen (secondary N) is 1. The SMILES string of the molecule is CC(CC(=O)NCCCCN)S(=O)(=O)c1ccc(F)cc1.Cl.